The van der Waals surface area contributed by atoms with Crippen LogP contribution < -0.4 is 4.74 Å². The third kappa shape index (κ3) is 6.31. The van der Waals surface area contributed by atoms with Gasteiger partial charge in [-0.05, 0) is 54.8 Å². The average Bonchev–Trinajstić information content (AvgIpc) is 3.55. The number of ether oxygens (including phenoxy) is 1. The van der Waals surface area contributed by atoms with Gasteiger partial charge in [0, 0.05) is 51.9 Å². The van der Waals surface area contributed by atoms with Gasteiger partial charge in [-0.2, -0.15) is 11.8 Å². The fraction of sp³-hybridized carbons (Fsp3) is 0.417. The Labute approximate surface area is 214 Å². The molecule has 0 atom stereocenters. The fourth-order valence-corrected chi connectivity index (χ4v) is 5.61. The molecule has 1 aliphatic heterocycles. The molecule has 0 aromatic heterocycles. The van der Waals surface area contributed by atoms with E-state index in [9.17, 15) is 14.0 Å². The van der Waals surface area contributed by atoms with Crippen LogP contribution in [0.5, 0.6) is 5.75 Å². The summed E-state index contributed by atoms with van der Waals surface area (Å²) in [6.45, 7) is 1.87. The number of carbonyl (C=O) groups excluding carboxylic acids is 2. The van der Waals surface area contributed by atoms with Crippen molar-refractivity contribution in [1.29, 1.82) is 0 Å². The first-order valence-electron chi connectivity index (χ1n) is 10.9. The van der Waals surface area contributed by atoms with Crippen molar-refractivity contribution >= 4 is 55.6 Å². The first kappa shape index (κ1) is 24.5. The van der Waals surface area contributed by atoms with Crippen LogP contribution in [0.2, 0.25) is 0 Å². The van der Waals surface area contributed by atoms with E-state index in [2.05, 4.69) is 31.9 Å². The lowest BCUT2D eigenvalue weighted by Gasteiger charge is -2.36. The Hall–Kier alpha value is -1.58. The number of thioether (sulfide) groups is 1. The predicted molar refractivity (Wildman–Crippen MR) is 135 cm³/mol. The summed E-state index contributed by atoms with van der Waals surface area (Å²) in [4.78, 5) is 28.6. The van der Waals surface area contributed by atoms with Crippen LogP contribution in [0.3, 0.4) is 0 Å². The number of imide groups is 1. The zero-order valence-electron chi connectivity index (χ0n) is 18.1. The van der Waals surface area contributed by atoms with Gasteiger partial charge in [-0.3, -0.25) is 9.69 Å². The standard InChI is InChI=1S/C24H25Br2FN2O3S/c25-18-2-1-3-21(15-18)32-9-11-33-10-8-29-22(30)4-7-28(23(29)31)16-24(5-6-24)17-12-19(26)14-20(27)13-17/h1-3,12-15H,4-11,16H2. The monoisotopic (exact) mass is 598 g/mol. The van der Waals surface area contributed by atoms with Crippen LogP contribution in [0, 0.1) is 5.82 Å². The molecule has 5 nitrogen and oxygen atoms in total. The minimum absolute atomic E-state index is 0.124. The summed E-state index contributed by atoms with van der Waals surface area (Å²) in [5, 5.41) is 0. The van der Waals surface area contributed by atoms with Gasteiger partial charge in [0.25, 0.3) is 0 Å². The highest BCUT2D eigenvalue weighted by atomic mass is 79.9. The summed E-state index contributed by atoms with van der Waals surface area (Å²) in [6, 6.07) is 12.4. The summed E-state index contributed by atoms with van der Waals surface area (Å²) in [7, 11) is 0. The second-order valence-corrected chi connectivity index (χ2v) is 11.4. The second-order valence-electron chi connectivity index (χ2n) is 8.36. The van der Waals surface area contributed by atoms with Crippen molar-refractivity contribution in [2.75, 3.05) is 37.7 Å². The molecule has 0 radical (unpaired) electrons. The Morgan fingerprint density at radius 3 is 2.61 bits per heavy atom. The van der Waals surface area contributed by atoms with E-state index in [1.807, 2.05) is 30.3 Å². The molecule has 2 aromatic carbocycles. The van der Waals surface area contributed by atoms with Gasteiger partial charge in [0.1, 0.15) is 11.6 Å². The van der Waals surface area contributed by atoms with Crippen molar-refractivity contribution in [3.05, 3.63) is 62.8 Å². The van der Waals surface area contributed by atoms with Crippen LogP contribution in [0.4, 0.5) is 9.18 Å². The average molecular weight is 600 g/mol. The van der Waals surface area contributed by atoms with Crippen LogP contribution in [-0.4, -0.2) is 59.5 Å². The first-order chi connectivity index (χ1) is 15.9. The number of amides is 3. The number of benzene rings is 2. The molecule has 33 heavy (non-hydrogen) atoms. The molecule has 0 spiro atoms. The Kier molecular flexibility index (Phi) is 8.02. The summed E-state index contributed by atoms with van der Waals surface area (Å²) < 4.78 is 21.3. The lowest BCUT2D eigenvalue weighted by atomic mass is 9.95. The van der Waals surface area contributed by atoms with Gasteiger partial charge >= 0.3 is 6.03 Å². The van der Waals surface area contributed by atoms with Gasteiger partial charge in [0.05, 0.1) is 6.61 Å². The highest BCUT2D eigenvalue weighted by Gasteiger charge is 2.48. The minimum atomic E-state index is -0.284. The van der Waals surface area contributed by atoms with E-state index in [-0.39, 0.29) is 23.2 Å². The number of halogens is 3. The molecular weight excluding hydrogens is 575 g/mol. The van der Waals surface area contributed by atoms with Gasteiger partial charge in [-0.1, -0.05) is 37.9 Å². The molecular formula is C24H25Br2FN2O3S. The van der Waals surface area contributed by atoms with E-state index in [1.165, 1.54) is 11.0 Å². The molecule has 1 heterocycles. The number of hydrogen-bond acceptors (Lipinski definition) is 4. The Balaban J connectivity index is 1.26. The van der Waals surface area contributed by atoms with E-state index in [0.29, 0.717) is 42.9 Å². The minimum Gasteiger partial charge on any atom is -0.493 e. The normalized spacial score (nSPS) is 17.4. The van der Waals surface area contributed by atoms with Crippen molar-refractivity contribution < 1.29 is 18.7 Å². The van der Waals surface area contributed by atoms with Crippen molar-refractivity contribution in [1.82, 2.24) is 9.80 Å². The Morgan fingerprint density at radius 1 is 1.06 bits per heavy atom. The summed E-state index contributed by atoms with van der Waals surface area (Å²) in [5.41, 5.74) is 0.692. The molecule has 0 unspecified atom stereocenters. The molecule has 176 valence electrons. The van der Waals surface area contributed by atoms with Crippen LogP contribution in [0.15, 0.2) is 51.4 Å². The number of nitrogens with zero attached hydrogens (tertiary/aromatic N) is 2. The predicted octanol–water partition coefficient (Wildman–Crippen LogP) is 5.85. The molecule has 0 bridgehead atoms. The topological polar surface area (TPSA) is 49.9 Å². The number of urea groups is 1. The maximum atomic E-state index is 13.9. The molecule has 1 aliphatic carbocycles. The number of carbonyl (C=O) groups is 2. The van der Waals surface area contributed by atoms with Crippen LogP contribution in [0.25, 0.3) is 0 Å². The Bertz CT molecular complexity index is 1010. The molecule has 1 saturated carbocycles. The zero-order chi connectivity index (χ0) is 23.4. The second kappa shape index (κ2) is 10.8. The molecule has 0 N–H and O–H groups in total. The van der Waals surface area contributed by atoms with Gasteiger partial charge < -0.3 is 9.64 Å². The molecule has 2 aromatic rings. The third-order valence-corrected chi connectivity index (χ3v) is 7.85. The lowest BCUT2D eigenvalue weighted by molar-refractivity contribution is -0.130. The van der Waals surface area contributed by atoms with Crippen molar-refractivity contribution in [3.63, 3.8) is 0 Å². The fourth-order valence-electron chi connectivity index (χ4n) is 4.05. The zero-order valence-corrected chi connectivity index (χ0v) is 22.1. The largest absolute Gasteiger partial charge is 0.493 e. The summed E-state index contributed by atoms with van der Waals surface area (Å²) in [6.07, 6.45) is 2.15. The first-order valence-corrected chi connectivity index (χ1v) is 13.6. The van der Waals surface area contributed by atoms with Crippen molar-refractivity contribution in [2.24, 2.45) is 0 Å². The van der Waals surface area contributed by atoms with Crippen LogP contribution >= 0.6 is 43.6 Å². The van der Waals surface area contributed by atoms with Crippen LogP contribution in [-0.2, 0) is 10.2 Å². The number of rotatable bonds is 10. The quantitative estimate of drug-likeness (QED) is 0.322. The maximum absolute atomic E-state index is 13.9. The lowest BCUT2D eigenvalue weighted by Crippen LogP contribution is -2.54. The number of hydrogen-bond donors (Lipinski definition) is 0. The van der Waals surface area contributed by atoms with E-state index in [1.54, 1.807) is 22.7 Å². The highest BCUT2D eigenvalue weighted by molar-refractivity contribution is 9.10. The molecule has 1 saturated heterocycles. The van der Waals surface area contributed by atoms with Crippen LogP contribution in [0.1, 0.15) is 24.8 Å². The molecule has 2 fully saturated rings. The third-order valence-electron chi connectivity index (χ3n) is 5.97. The summed E-state index contributed by atoms with van der Waals surface area (Å²) >= 11 is 8.44. The SMILES string of the molecule is O=C1CCN(CC2(c3cc(F)cc(Br)c3)CC2)C(=O)N1CCSCCOc1cccc(Br)c1. The smallest absolute Gasteiger partial charge is 0.326 e. The Morgan fingerprint density at radius 2 is 1.88 bits per heavy atom. The summed E-state index contributed by atoms with van der Waals surface area (Å²) in [5.74, 6) is 1.83. The molecule has 9 heteroatoms. The molecule has 2 aliphatic rings. The van der Waals surface area contributed by atoms with Crippen molar-refractivity contribution in [2.45, 2.75) is 24.7 Å². The molecule has 3 amide bonds. The van der Waals surface area contributed by atoms with E-state index in [4.69, 9.17) is 4.74 Å². The van der Waals surface area contributed by atoms with E-state index >= 15 is 0 Å². The van der Waals surface area contributed by atoms with Gasteiger partial charge in [0.2, 0.25) is 5.91 Å². The maximum Gasteiger partial charge on any atom is 0.326 e. The van der Waals surface area contributed by atoms with Gasteiger partial charge in [-0.25, -0.2) is 9.18 Å². The van der Waals surface area contributed by atoms with Crippen molar-refractivity contribution in [3.8, 4) is 5.75 Å². The van der Waals surface area contributed by atoms with Gasteiger partial charge in [0.15, 0.2) is 0 Å². The van der Waals surface area contributed by atoms with Gasteiger partial charge in [-0.15, -0.1) is 0 Å². The highest BCUT2D eigenvalue weighted by Crippen LogP contribution is 2.49. The molecule has 4 rings (SSSR count). The van der Waals surface area contributed by atoms with E-state index < -0.39 is 0 Å². The van der Waals surface area contributed by atoms with E-state index in [0.717, 1.165) is 34.4 Å².